The number of anilines is 4. The number of fused-ring (bicyclic) bond motifs is 2. The van der Waals surface area contributed by atoms with E-state index in [0.717, 1.165) is 8.84 Å². The third-order valence-corrected chi connectivity index (χ3v) is 10.3. The number of rotatable bonds is 4. The Morgan fingerprint density at radius 3 is 1.15 bits per heavy atom. The first-order valence-corrected chi connectivity index (χ1v) is 14.5. The average molecular weight is 735 g/mol. The summed E-state index contributed by atoms with van der Waals surface area (Å²) >= 11 is 63.1. The largest absolute Gasteiger partial charge is 0.288 e. The van der Waals surface area contributed by atoms with Crippen molar-refractivity contribution in [1.29, 1.82) is 0 Å². The fraction of sp³-hybridized carbons (Fsp3) is 0. The molecule has 0 saturated carbocycles. The van der Waals surface area contributed by atoms with Gasteiger partial charge in [0.15, 0.2) is 11.6 Å². The number of hydrogen-bond acceptors (Lipinski definition) is 4. The van der Waals surface area contributed by atoms with E-state index < -0.39 is 11.6 Å². The maximum Gasteiger partial charge on any atom is 0.196 e. The molecule has 0 heterocycles. The Bertz CT molecular complexity index is 1650. The summed E-state index contributed by atoms with van der Waals surface area (Å²) in [5, 5.41) is 0.193. The summed E-state index contributed by atoms with van der Waals surface area (Å²) < 4.78 is 2.17. The topological polar surface area (TPSA) is 40.6 Å². The first-order valence-electron chi connectivity index (χ1n) is 10.8. The lowest BCUT2D eigenvalue weighted by Gasteiger charge is -2.28. The van der Waals surface area contributed by atoms with E-state index in [2.05, 4.69) is 0 Å². The van der Waals surface area contributed by atoms with E-state index in [4.69, 9.17) is 116 Å². The third kappa shape index (κ3) is 4.81. The fourth-order valence-corrected chi connectivity index (χ4v) is 6.58. The van der Waals surface area contributed by atoms with Crippen LogP contribution < -0.4 is 8.84 Å². The molecule has 4 aromatic carbocycles. The number of nitrogens with zero attached hydrogens (tertiary/aromatic N) is 2. The van der Waals surface area contributed by atoms with Gasteiger partial charge < -0.3 is 0 Å². The van der Waals surface area contributed by atoms with E-state index in [1.54, 1.807) is 24.3 Å². The van der Waals surface area contributed by atoms with Gasteiger partial charge in [-0.25, -0.2) is 0 Å². The van der Waals surface area contributed by atoms with Crippen molar-refractivity contribution in [1.82, 2.24) is 0 Å². The van der Waals surface area contributed by atoms with Gasteiger partial charge in [-0.3, -0.25) is 18.4 Å². The summed E-state index contributed by atoms with van der Waals surface area (Å²) in [7, 11) is 0. The number of ketones is 2. The summed E-state index contributed by atoms with van der Waals surface area (Å²) in [6, 6.07) is 12.0. The molecule has 0 fully saturated rings. The minimum atomic E-state index is -0.502. The second-order valence-corrected chi connectivity index (χ2v) is 12.0. The Hall–Kier alpha value is -1.28. The monoisotopic (exact) mass is 730 g/mol. The maximum absolute atomic E-state index is 13.9. The predicted molar refractivity (Wildman–Crippen MR) is 169 cm³/mol. The standard InChI is InChI=1S/C26H8Cl10N2O2/c27-11-7-15(21(31)23(33)19(11)29)37(35)13-5-1-3-9-17(13)26(40)10-4-2-6-14(18(10)25(9)39)38(36)16-8-12(28)20(30)24(34)22(16)32/h1-8H. The molecule has 5 rings (SSSR count). The number of hydrogen-bond donors (Lipinski definition) is 0. The van der Waals surface area contributed by atoms with Gasteiger partial charge in [-0.1, -0.05) is 117 Å². The zero-order valence-corrected chi connectivity index (χ0v) is 26.7. The van der Waals surface area contributed by atoms with Crippen molar-refractivity contribution < 1.29 is 9.59 Å². The fourth-order valence-electron chi connectivity index (χ4n) is 4.20. The van der Waals surface area contributed by atoms with Crippen molar-refractivity contribution in [2.45, 2.75) is 0 Å². The molecule has 4 aromatic rings. The lowest BCUT2D eigenvalue weighted by Crippen LogP contribution is -2.25. The normalized spacial score (nSPS) is 12.3. The molecule has 0 saturated heterocycles. The molecule has 1 aliphatic carbocycles. The lowest BCUT2D eigenvalue weighted by molar-refractivity contribution is 0.0980. The second kappa shape index (κ2) is 11.4. The molecular weight excluding hydrogens is 727 g/mol. The zero-order valence-electron chi connectivity index (χ0n) is 19.1. The molecule has 0 unspecified atom stereocenters. The minimum absolute atomic E-state index is 0.00381. The van der Waals surface area contributed by atoms with Gasteiger partial charge in [-0.2, -0.15) is 0 Å². The molecule has 0 bridgehead atoms. The molecule has 0 aliphatic heterocycles. The van der Waals surface area contributed by atoms with E-state index in [9.17, 15) is 9.59 Å². The van der Waals surface area contributed by atoms with Crippen LogP contribution in [-0.2, 0) is 0 Å². The van der Waals surface area contributed by atoms with Crippen LogP contribution in [0.4, 0.5) is 22.7 Å². The summed E-state index contributed by atoms with van der Waals surface area (Å²) in [5.41, 5.74) is 0.809. The minimum Gasteiger partial charge on any atom is -0.288 e. The van der Waals surface area contributed by atoms with Crippen LogP contribution in [0, 0.1) is 0 Å². The molecule has 14 heteroatoms. The Labute approximate surface area is 277 Å². The van der Waals surface area contributed by atoms with Gasteiger partial charge in [-0.05, 0) is 24.3 Å². The summed E-state index contributed by atoms with van der Waals surface area (Å²) in [6.45, 7) is 0. The highest BCUT2D eigenvalue weighted by atomic mass is 35.5. The molecule has 0 spiro atoms. The Kier molecular flexibility index (Phi) is 8.62. The van der Waals surface area contributed by atoms with Crippen molar-refractivity contribution >= 4 is 151 Å². The van der Waals surface area contributed by atoms with Crippen molar-refractivity contribution in [3.63, 3.8) is 0 Å². The number of carbonyl (C=O) groups is 2. The van der Waals surface area contributed by atoms with Crippen LogP contribution in [0.5, 0.6) is 0 Å². The van der Waals surface area contributed by atoms with Gasteiger partial charge in [0, 0.05) is 34.7 Å². The molecule has 0 aromatic heterocycles. The van der Waals surface area contributed by atoms with Crippen molar-refractivity contribution in [2.75, 3.05) is 8.84 Å². The number of benzene rings is 4. The summed E-state index contributed by atoms with van der Waals surface area (Å²) in [6.07, 6.45) is 0. The van der Waals surface area contributed by atoms with E-state index in [-0.39, 0.29) is 85.2 Å². The predicted octanol–water partition coefficient (Wildman–Crippen LogP) is 12.3. The lowest BCUT2D eigenvalue weighted by atomic mass is 9.82. The summed E-state index contributed by atoms with van der Waals surface area (Å²) in [4.78, 5) is 27.8. The molecule has 4 nitrogen and oxygen atoms in total. The SMILES string of the molecule is O=C1c2cccc(N(Cl)c3cc(Cl)c(Cl)c(Cl)c3Cl)c2C(=O)c2cccc(N(Cl)c3cc(Cl)c(Cl)c(Cl)c3Cl)c21. The molecule has 1 aliphatic rings. The van der Waals surface area contributed by atoms with E-state index >= 15 is 0 Å². The number of halogens is 10. The highest BCUT2D eigenvalue weighted by Crippen LogP contribution is 2.49. The zero-order chi connectivity index (χ0) is 29.2. The van der Waals surface area contributed by atoms with Gasteiger partial charge in [0.05, 0.1) is 74.1 Å². The smallest absolute Gasteiger partial charge is 0.196 e. The van der Waals surface area contributed by atoms with Crippen LogP contribution in [0.25, 0.3) is 0 Å². The molecule has 0 radical (unpaired) electrons. The first-order chi connectivity index (χ1) is 18.9. The van der Waals surface area contributed by atoms with Gasteiger partial charge >= 0.3 is 0 Å². The van der Waals surface area contributed by atoms with Crippen molar-refractivity contribution in [3.8, 4) is 0 Å². The van der Waals surface area contributed by atoms with Crippen LogP contribution in [0.1, 0.15) is 31.8 Å². The third-order valence-electron chi connectivity index (χ3n) is 6.04. The van der Waals surface area contributed by atoms with Crippen LogP contribution in [0.3, 0.4) is 0 Å². The van der Waals surface area contributed by atoms with Crippen molar-refractivity contribution in [3.05, 3.63) is 111 Å². The number of carbonyl (C=O) groups excluding carboxylic acids is 2. The van der Waals surface area contributed by atoms with E-state index in [0.29, 0.717) is 0 Å². The Morgan fingerprint density at radius 2 is 0.800 bits per heavy atom. The van der Waals surface area contributed by atoms with Gasteiger partial charge in [0.1, 0.15) is 0 Å². The van der Waals surface area contributed by atoms with Crippen LogP contribution >= 0.6 is 116 Å². The van der Waals surface area contributed by atoms with E-state index in [1.165, 1.54) is 24.3 Å². The maximum atomic E-state index is 13.9. The molecule has 0 amide bonds. The van der Waals surface area contributed by atoms with Gasteiger partial charge in [-0.15, -0.1) is 0 Å². The quantitative estimate of drug-likeness (QED) is 0.105. The van der Waals surface area contributed by atoms with Crippen LogP contribution in [-0.4, -0.2) is 11.6 Å². The highest BCUT2D eigenvalue weighted by Gasteiger charge is 2.36. The average Bonchev–Trinajstić information content (AvgIpc) is 2.95. The Balaban J connectivity index is 1.66. The van der Waals surface area contributed by atoms with E-state index in [1.807, 2.05) is 0 Å². The van der Waals surface area contributed by atoms with Gasteiger partial charge in [0.2, 0.25) is 0 Å². The molecule has 0 atom stereocenters. The van der Waals surface area contributed by atoms with Gasteiger partial charge in [0.25, 0.3) is 0 Å². The summed E-state index contributed by atoms with van der Waals surface area (Å²) in [5.74, 6) is -1.00. The van der Waals surface area contributed by atoms with Crippen LogP contribution in [0.2, 0.25) is 40.2 Å². The van der Waals surface area contributed by atoms with Crippen molar-refractivity contribution in [2.24, 2.45) is 0 Å². The molecular formula is C26H8Cl10N2O2. The highest BCUT2D eigenvalue weighted by molar-refractivity contribution is 6.54. The first kappa shape index (κ1) is 30.2. The molecule has 0 N–H and O–H groups in total. The molecule has 204 valence electrons. The second-order valence-electron chi connectivity index (χ2n) is 8.26. The van der Waals surface area contributed by atoms with Crippen LogP contribution in [0.15, 0.2) is 48.5 Å². The Morgan fingerprint density at radius 1 is 0.450 bits per heavy atom. The molecule has 40 heavy (non-hydrogen) atoms.